The number of rotatable bonds is 4. The van der Waals surface area contributed by atoms with Crippen molar-refractivity contribution in [2.75, 3.05) is 6.54 Å². The standard InChI is InChI=1S/C15H24BrNOS/c1-10-6-11(8-15(2,3)7-10)18-12(9-17)13-4-5-14(16)19-13/h4-5,10-12H,6-9,17H2,1-3H3. The summed E-state index contributed by atoms with van der Waals surface area (Å²) in [4.78, 5) is 1.23. The number of hydrogen-bond donors (Lipinski definition) is 1. The maximum atomic E-state index is 6.31. The van der Waals surface area contributed by atoms with E-state index < -0.39 is 0 Å². The highest BCUT2D eigenvalue weighted by Gasteiger charge is 2.33. The lowest BCUT2D eigenvalue weighted by molar-refractivity contribution is -0.0623. The van der Waals surface area contributed by atoms with Crippen LogP contribution in [0, 0.1) is 11.3 Å². The van der Waals surface area contributed by atoms with Crippen LogP contribution in [0.15, 0.2) is 15.9 Å². The van der Waals surface area contributed by atoms with E-state index in [2.05, 4.69) is 48.8 Å². The molecule has 0 saturated heterocycles. The molecule has 1 aromatic rings. The Hall–Kier alpha value is 0.1000. The average molecular weight is 346 g/mol. The van der Waals surface area contributed by atoms with Crippen LogP contribution in [0.1, 0.15) is 51.0 Å². The van der Waals surface area contributed by atoms with E-state index in [4.69, 9.17) is 10.5 Å². The molecule has 2 N–H and O–H groups in total. The molecule has 19 heavy (non-hydrogen) atoms. The summed E-state index contributed by atoms with van der Waals surface area (Å²) in [5.74, 6) is 0.738. The first-order valence-electron chi connectivity index (χ1n) is 7.00. The van der Waals surface area contributed by atoms with Gasteiger partial charge in [-0.3, -0.25) is 0 Å². The van der Waals surface area contributed by atoms with Crippen LogP contribution in [0.3, 0.4) is 0 Å². The Morgan fingerprint density at radius 2 is 2.21 bits per heavy atom. The van der Waals surface area contributed by atoms with Crippen LogP contribution >= 0.6 is 27.3 Å². The third-order valence-corrected chi connectivity index (χ3v) is 5.54. The van der Waals surface area contributed by atoms with Gasteiger partial charge in [0.2, 0.25) is 0 Å². The Morgan fingerprint density at radius 3 is 2.74 bits per heavy atom. The Labute approximate surface area is 128 Å². The van der Waals surface area contributed by atoms with Crippen molar-refractivity contribution in [3.8, 4) is 0 Å². The van der Waals surface area contributed by atoms with Gasteiger partial charge in [0.1, 0.15) is 6.10 Å². The van der Waals surface area contributed by atoms with E-state index in [0.29, 0.717) is 18.1 Å². The molecule has 0 aliphatic heterocycles. The molecule has 0 bridgehead atoms. The highest BCUT2D eigenvalue weighted by Crippen LogP contribution is 2.41. The molecule has 3 unspecified atom stereocenters. The molecule has 0 spiro atoms. The van der Waals surface area contributed by atoms with Gasteiger partial charge in [0, 0.05) is 11.4 Å². The van der Waals surface area contributed by atoms with Crippen molar-refractivity contribution in [3.05, 3.63) is 20.8 Å². The molecule has 1 fully saturated rings. The quantitative estimate of drug-likeness (QED) is 0.854. The van der Waals surface area contributed by atoms with Gasteiger partial charge in [0.15, 0.2) is 0 Å². The van der Waals surface area contributed by atoms with Gasteiger partial charge in [-0.05, 0) is 58.7 Å². The molecule has 0 radical (unpaired) electrons. The molecule has 0 amide bonds. The predicted molar refractivity (Wildman–Crippen MR) is 85.5 cm³/mol. The normalized spacial score (nSPS) is 28.3. The molecule has 2 nitrogen and oxygen atoms in total. The summed E-state index contributed by atoms with van der Waals surface area (Å²) in [5.41, 5.74) is 6.29. The van der Waals surface area contributed by atoms with Crippen LogP contribution in [0.2, 0.25) is 0 Å². The first kappa shape index (κ1) is 15.5. The Kier molecular flexibility index (Phi) is 5.09. The van der Waals surface area contributed by atoms with Crippen molar-refractivity contribution in [2.24, 2.45) is 17.1 Å². The van der Waals surface area contributed by atoms with Crippen molar-refractivity contribution >= 4 is 27.3 Å². The van der Waals surface area contributed by atoms with Crippen molar-refractivity contribution in [2.45, 2.75) is 52.2 Å². The lowest BCUT2D eigenvalue weighted by Crippen LogP contribution is -2.34. The van der Waals surface area contributed by atoms with Gasteiger partial charge in [-0.1, -0.05) is 20.8 Å². The monoisotopic (exact) mass is 345 g/mol. The van der Waals surface area contributed by atoms with E-state index in [0.717, 1.165) is 22.5 Å². The van der Waals surface area contributed by atoms with Crippen LogP contribution < -0.4 is 5.73 Å². The molecule has 1 aliphatic carbocycles. The average Bonchev–Trinajstić information content (AvgIpc) is 2.70. The molecule has 0 aromatic carbocycles. The van der Waals surface area contributed by atoms with E-state index in [1.54, 1.807) is 11.3 Å². The molecular formula is C15H24BrNOS. The molecule has 2 rings (SSSR count). The summed E-state index contributed by atoms with van der Waals surface area (Å²) in [5, 5.41) is 0. The minimum Gasteiger partial charge on any atom is -0.368 e. The minimum atomic E-state index is 0.0439. The molecule has 108 valence electrons. The largest absolute Gasteiger partial charge is 0.368 e. The second-order valence-corrected chi connectivity index (χ2v) is 9.03. The van der Waals surface area contributed by atoms with Crippen molar-refractivity contribution < 1.29 is 4.74 Å². The second-order valence-electron chi connectivity index (χ2n) is 6.54. The van der Waals surface area contributed by atoms with Crippen molar-refractivity contribution in [1.82, 2.24) is 0 Å². The molecular weight excluding hydrogens is 322 g/mol. The fourth-order valence-corrected chi connectivity index (χ4v) is 4.81. The van der Waals surface area contributed by atoms with Gasteiger partial charge in [0.05, 0.1) is 9.89 Å². The fraction of sp³-hybridized carbons (Fsp3) is 0.733. The zero-order valence-corrected chi connectivity index (χ0v) is 14.4. The topological polar surface area (TPSA) is 35.2 Å². The fourth-order valence-electron chi connectivity index (χ4n) is 3.33. The highest BCUT2D eigenvalue weighted by atomic mass is 79.9. The SMILES string of the molecule is CC1CC(OC(CN)c2ccc(Br)s2)CC(C)(C)C1. The van der Waals surface area contributed by atoms with Crippen molar-refractivity contribution in [1.29, 1.82) is 0 Å². The van der Waals surface area contributed by atoms with Crippen LogP contribution in [-0.4, -0.2) is 12.6 Å². The summed E-state index contributed by atoms with van der Waals surface area (Å²) in [6.07, 6.45) is 3.98. The summed E-state index contributed by atoms with van der Waals surface area (Å²) in [7, 11) is 0. The second kappa shape index (κ2) is 6.25. The van der Waals surface area contributed by atoms with Crippen LogP contribution in [-0.2, 0) is 4.74 Å². The van der Waals surface area contributed by atoms with E-state index in [1.165, 1.54) is 11.3 Å². The molecule has 3 atom stereocenters. The lowest BCUT2D eigenvalue weighted by atomic mass is 9.71. The molecule has 1 heterocycles. The maximum absolute atomic E-state index is 6.31. The third-order valence-electron chi connectivity index (χ3n) is 3.83. The lowest BCUT2D eigenvalue weighted by Gasteiger charge is -2.40. The van der Waals surface area contributed by atoms with Gasteiger partial charge in [-0.25, -0.2) is 0 Å². The van der Waals surface area contributed by atoms with Gasteiger partial charge in [0.25, 0.3) is 0 Å². The molecule has 1 aliphatic rings. The van der Waals surface area contributed by atoms with E-state index in [-0.39, 0.29) is 6.10 Å². The van der Waals surface area contributed by atoms with Crippen LogP contribution in [0.4, 0.5) is 0 Å². The van der Waals surface area contributed by atoms with Gasteiger partial charge in [-0.15, -0.1) is 11.3 Å². The first-order chi connectivity index (χ1) is 8.89. The smallest absolute Gasteiger partial charge is 0.104 e. The van der Waals surface area contributed by atoms with Gasteiger partial charge < -0.3 is 10.5 Å². The first-order valence-corrected chi connectivity index (χ1v) is 8.61. The number of halogens is 1. The molecule has 1 saturated carbocycles. The predicted octanol–water partition coefficient (Wildman–Crippen LogP) is 4.74. The number of ether oxygens (including phenoxy) is 1. The Bertz CT molecular complexity index is 418. The van der Waals surface area contributed by atoms with Crippen molar-refractivity contribution in [3.63, 3.8) is 0 Å². The van der Waals surface area contributed by atoms with E-state index in [1.807, 2.05) is 0 Å². The summed E-state index contributed by atoms with van der Waals surface area (Å²) in [6, 6.07) is 4.18. The van der Waals surface area contributed by atoms with E-state index >= 15 is 0 Å². The zero-order chi connectivity index (χ0) is 14.0. The zero-order valence-electron chi connectivity index (χ0n) is 12.0. The number of hydrogen-bond acceptors (Lipinski definition) is 3. The number of nitrogens with two attached hydrogens (primary N) is 1. The summed E-state index contributed by atoms with van der Waals surface area (Å²) >= 11 is 5.23. The Morgan fingerprint density at radius 1 is 1.47 bits per heavy atom. The summed E-state index contributed by atoms with van der Waals surface area (Å²) in [6.45, 7) is 7.57. The van der Waals surface area contributed by atoms with Gasteiger partial charge >= 0.3 is 0 Å². The van der Waals surface area contributed by atoms with E-state index in [9.17, 15) is 0 Å². The molecule has 1 aromatic heterocycles. The van der Waals surface area contributed by atoms with Crippen LogP contribution in [0.5, 0.6) is 0 Å². The summed E-state index contributed by atoms with van der Waals surface area (Å²) < 4.78 is 7.45. The Balaban J connectivity index is 2.02. The maximum Gasteiger partial charge on any atom is 0.104 e. The highest BCUT2D eigenvalue weighted by molar-refractivity contribution is 9.11. The van der Waals surface area contributed by atoms with Crippen LogP contribution in [0.25, 0.3) is 0 Å². The number of thiophene rings is 1. The third kappa shape index (κ3) is 4.28. The van der Waals surface area contributed by atoms with Gasteiger partial charge in [-0.2, -0.15) is 0 Å². The molecule has 4 heteroatoms. The minimum absolute atomic E-state index is 0.0439.